The number of benzene rings is 1. The van der Waals surface area contributed by atoms with Crippen molar-refractivity contribution in [3.63, 3.8) is 0 Å². The van der Waals surface area contributed by atoms with Crippen LogP contribution in [-0.2, 0) is 6.42 Å². The quantitative estimate of drug-likeness (QED) is 0.302. The van der Waals surface area contributed by atoms with Crippen LogP contribution in [0.25, 0.3) is 10.9 Å². The fraction of sp³-hybridized carbons (Fsp3) is 0.300. The van der Waals surface area contributed by atoms with Gasteiger partial charge in [0, 0.05) is 41.6 Å². The molecule has 0 amide bonds. The Morgan fingerprint density at radius 1 is 1.18 bits per heavy atom. The van der Waals surface area contributed by atoms with Crippen molar-refractivity contribution in [1.29, 1.82) is 0 Å². The second kappa shape index (κ2) is 9.27. The number of fused-ring (bicyclic) bond motifs is 1. The lowest BCUT2D eigenvalue weighted by molar-refractivity contribution is 0.937. The number of H-pyrrole nitrogens is 1. The molecule has 0 atom stereocenters. The van der Waals surface area contributed by atoms with Gasteiger partial charge >= 0.3 is 0 Å². The average Bonchev–Trinajstić information content (AvgIpc) is 3.04. The van der Waals surface area contributed by atoms with Crippen LogP contribution >= 0.6 is 12.2 Å². The first-order valence-corrected chi connectivity index (χ1v) is 9.69. The molecule has 0 spiro atoms. The predicted octanol–water partition coefficient (Wildman–Crippen LogP) is 3.07. The van der Waals surface area contributed by atoms with Gasteiger partial charge in [0.2, 0.25) is 11.9 Å². The maximum Gasteiger partial charge on any atom is 0.229 e. The maximum absolute atomic E-state index is 5.30. The number of nitrogens with one attached hydrogen (secondary N) is 4. The molecule has 4 N–H and O–H groups in total. The molecule has 3 rings (SSSR count). The number of hydrogen-bond donors (Lipinski definition) is 4. The lowest BCUT2D eigenvalue weighted by Gasteiger charge is -2.13. The van der Waals surface area contributed by atoms with Crippen LogP contribution in [0, 0.1) is 13.8 Å². The molecule has 2 aromatic heterocycles. The predicted molar refractivity (Wildman–Crippen MR) is 119 cm³/mol. The first-order valence-electron chi connectivity index (χ1n) is 9.28. The minimum atomic E-state index is 0.496. The highest BCUT2D eigenvalue weighted by molar-refractivity contribution is 7.80. The summed E-state index contributed by atoms with van der Waals surface area (Å²) < 4.78 is 0. The third kappa shape index (κ3) is 5.26. The van der Waals surface area contributed by atoms with E-state index in [2.05, 4.69) is 48.0 Å². The summed E-state index contributed by atoms with van der Waals surface area (Å²) in [6.07, 6.45) is 2.84. The molecular weight excluding hydrogens is 370 g/mol. The first-order chi connectivity index (χ1) is 13.5. The summed E-state index contributed by atoms with van der Waals surface area (Å²) in [5.74, 6) is 1.02. The summed E-state index contributed by atoms with van der Waals surface area (Å²) in [7, 11) is 0. The highest BCUT2D eigenvalue weighted by Gasteiger charge is 2.07. The molecule has 0 aliphatic carbocycles. The number of thiocarbonyl (C=S) groups is 1. The zero-order valence-electron chi connectivity index (χ0n) is 16.3. The lowest BCUT2D eigenvalue weighted by atomic mass is 10.1. The Balaban J connectivity index is 1.74. The third-order valence-electron chi connectivity index (χ3n) is 4.11. The minimum absolute atomic E-state index is 0.496. The summed E-state index contributed by atoms with van der Waals surface area (Å²) in [6.45, 7) is 7.18. The van der Waals surface area contributed by atoms with Gasteiger partial charge in [-0.2, -0.15) is 0 Å². The number of guanidine groups is 1. The molecule has 28 heavy (non-hydrogen) atoms. The number of rotatable bonds is 5. The molecule has 146 valence electrons. The summed E-state index contributed by atoms with van der Waals surface area (Å²) in [6, 6.07) is 10.2. The molecule has 0 unspecified atom stereocenters. The van der Waals surface area contributed by atoms with Crippen molar-refractivity contribution in [3.8, 4) is 0 Å². The van der Waals surface area contributed by atoms with E-state index in [1.807, 2.05) is 45.2 Å². The Bertz CT molecular complexity index is 973. The van der Waals surface area contributed by atoms with Crippen LogP contribution in [0.5, 0.6) is 0 Å². The molecular formula is C20H25N7S. The fourth-order valence-corrected chi connectivity index (χ4v) is 3.18. The Morgan fingerprint density at radius 2 is 1.93 bits per heavy atom. The Morgan fingerprint density at radius 3 is 2.68 bits per heavy atom. The van der Waals surface area contributed by atoms with Gasteiger partial charge in [0.05, 0.1) is 0 Å². The van der Waals surface area contributed by atoms with Gasteiger partial charge in [0.25, 0.3) is 0 Å². The zero-order chi connectivity index (χ0) is 19.9. The molecule has 1 aromatic carbocycles. The highest BCUT2D eigenvalue weighted by Crippen LogP contribution is 2.18. The molecule has 2 heterocycles. The molecule has 7 nitrogen and oxygen atoms in total. The molecule has 8 heteroatoms. The van der Waals surface area contributed by atoms with Crippen LogP contribution in [0.1, 0.15) is 23.9 Å². The second-order valence-electron chi connectivity index (χ2n) is 6.42. The molecule has 0 saturated carbocycles. The van der Waals surface area contributed by atoms with E-state index < -0.39 is 0 Å². The number of aromatic amines is 1. The summed E-state index contributed by atoms with van der Waals surface area (Å²) in [4.78, 5) is 16.8. The molecule has 0 radical (unpaired) electrons. The first kappa shape index (κ1) is 19.8. The molecule has 0 saturated heterocycles. The van der Waals surface area contributed by atoms with Crippen LogP contribution < -0.4 is 16.0 Å². The average molecular weight is 396 g/mol. The van der Waals surface area contributed by atoms with E-state index in [0.717, 1.165) is 29.9 Å². The van der Waals surface area contributed by atoms with E-state index in [1.165, 1.54) is 10.9 Å². The lowest BCUT2D eigenvalue weighted by Crippen LogP contribution is -2.42. The smallest absolute Gasteiger partial charge is 0.229 e. The SMILES string of the molecule is CCNC(=S)NC(=NCCc1c[nH]c2ccccc12)Nc1nc(C)cc(C)n1. The Hall–Kier alpha value is -3.00. The Kier molecular flexibility index (Phi) is 6.54. The van der Waals surface area contributed by atoms with Gasteiger partial charge in [0.15, 0.2) is 5.11 Å². The van der Waals surface area contributed by atoms with Gasteiger partial charge in [0.1, 0.15) is 0 Å². The standard InChI is InChI=1S/C20H25N7S/c1-4-21-20(28)27-18(26-19-24-13(2)11-14(3)25-19)22-10-9-15-12-23-17-8-6-5-7-16(15)17/h5-8,11-12,23H,4,9-10H2,1-3H3,(H3,21,22,24,25,26,27,28). The molecule has 0 fully saturated rings. The monoisotopic (exact) mass is 395 g/mol. The van der Waals surface area contributed by atoms with Crippen molar-refractivity contribution in [1.82, 2.24) is 25.6 Å². The normalized spacial score (nSPS) is 11.5. The van der Waals surface area contributed by atoms with Gasteiger partial charge < -0.3 is 15.6 Å². The largest absolute Gasteiger partial charge is 0.363 e. The van der Waals surface area contributed by atoms with Gasteiger partial charge in [-0.15, -0.1) is 0 Å². The number of anilines is 1. The molecule has 0 bridgehead atoms. The van der Waals surface area contributed by atoms with Crippen molar-refractivity contribution in [2.45, 2.75) is 27.2 Å². The van der Waals surface area contributed by atoms with E-state index in [-0.39, 0.29) is 0 Å². The van der Waals surface area contributed by atoms with Crippen molar-refractivity contribution >= 4 is 40.1 Å². The van der Waals surface area contributed by atoms with Gasteiger partial charge in [-0.05, 0) is 57.1 Å². The number of aryl methyl sites for hydroxylation is 2. The summed E-state index contributed by atoms with van der Waals surface area (Å²) >= 11 is 5.30. The number of nitrogens with zero attached hydrogens (tertiary/aromatic N) is 3. The van der Waals surface area contributed by atoms with E-state index in [1.54, 1.807) is 0 Å². The fourth-order valence-electron chi connectivity index (χ4n) is 2.94. The van der Waals surface area contributed by atoms with Crippen molar-refractivity contribution in [2.24, 2.45) is 4.99 Å². The summed E-state index contributed by atoms with van der Waals surface area (Å²) in [5, 5.41) is 11.0. The van der Waals surface area contributed by atoms with E-state index in [9.17, 15) is 0 Å². The molecule has 3 aromatic rings. The molecule has 0 aliphatic heterocycles. The molecule has 0 aliphatic rings. The van der Waals surface area contributed by atoms with Crippen LogP contribution in [0.15, 0.2) is 41.5 Å². The highest BCUT2D eigenvalue weighted by atomic mass is 32.1. The van der Waals surface area contributed by atoms with Gasteiger partial charge in [-0.3, -0.25) is 10.3 Å². The van der Waals surface area contributed by atoms with Gasteiger partial charge in [-0.25, -0.2) is 9.97 Å². The van der Waals surface area contributed by atoms with Crippen LogP contribution in [0.2, 0.25) is 0 Å². The van der Waals surface area contributed by atoms with Crippen molar-refractivity contribution in [3.05, 3.63) is 53.5 Å². The number of hydrogen-bond acceptors (Lipinski definition) is 4. The topological polar surface area (TPSA) is 90.0 Å². The number of aromatic nitrogens is 3. The number of para-hydroxylation sites is 1. The third-order valence-corrected chi connectivity index (χ3v) is 4.35. The number of aliphatic imine (C=N–C) groups is 1. The second-order valence-corrected chi connectivity index (χ2v) is 6.83. The van der Waals surface area contributed by atoms with Crippen molar-refractivity contribution in [2.75, 3.05) is 18.4 Å². The van der Waals surface area contributed by atoms with Crippen molar-refractivity contribution < 1.29 is 0 Å². The van der Waals surface area contributed by atoms with E-state index in [0.29, 0.717) is 23.6 Å². The van der Waals surface area contributed by atoms with E-state index >= 15 is 0 Å². The van der Waals surface area contributed by atoms with Crippen LogP contribution in [0.3, 0.4) is 0 Å². The van der Waals surface area contributed by atoms with E-state index in [4.69, 9.17) is 12.2 Å². The Labute approximate surface area is 170 Å². The summed E-state index contributed by atoms with van der Waals surface area (Å²) in [5.41, 5.74) is 4.15. The minimum Gasteiger partial charge on any atom is -0.363 e. The van der Waals surface area contributed by atoms with Gasteiger partial charge in [-0.1, -0.05) is 18.2 Å². The van der Waals surface area contributed by atoms with Crippen LogP contribution in [0.4, 0.5) is 5.95 Å². The van der Waals surface area contributed by atoms with Crippen LogP contribution in [-0.4, -0.2) is 39.1 Å². The zero-order valence-corrected chi connectivity index (χ0v) is 17.2. The maximum atomic E-state index is 5.30.